The molecular formula is C18H20N6O. The quantitative estimate of drug-likeness (QED) is 0.763. The molecule has 7 nitrogen and oxygen atoms in total. The van der Waals surface area contributed by atoms with Crippen LogP contribution in [0.5, 0.6) is 0 Å². The fourth-order valence-electron chi connectivity index (χ4n) is 3.24. The Balaban J connectivity index is 1.32. The Morgan fingerprint density at radius 1 is 1.16 bits per heavy atom. The first-order valence-corrected chi connectivity index (χ1v) is 8.53. The number of nitrogens with zero attached hydrogens (tertiary/aromatic N) is 4. The predicted octanol–water partition coefficient (Wildman–Crippen LogP) is 2.32. The Morgan fingerprint density at radius 3 is 2.76 bits per heavy atom. The summed E-state index contributed by atoms with van der Waals surface area (Å²) in [6, 6.07) is 9.49. The van der Waals surface area contributed by atoms with Crippen molar-refractivity contribution in [3.63, 3.8) is 0 Å². The van der Waals surface area contributed by atoms with Crippen LogP contribution in [0.15, 0.2) is 43.0 Å². The smallest absolute Gasteiger partial charge is 0.253 e. The Morgan fingerprint density at radius 2 is 1.96 bits per heavy atom. The number of hydrogen-bond acceptors (Lipinski definition) is 5. The SMILES string of the molecule is O=C(c1ccccc1)N1CCC(CNc2ncnc3nc[nH]c23)CC1. The summed E-state index contributed by atoms with van der Waals surface area (Å²) in [6.45, 7) is 2.42. The monoisotopic (exact) mass is 336 g/mol. The zero-order valence-corrected chi connectivity index (χ0v) is 13.9. The topological polar surface area (TPSA) is 86.8 Å². The van der Waals surface area contributed by atoms with Crippen LogP contribution in [0.4, 0.5) is 5.82 Å². The van der Waals surface area contributed by atoms with Gasteiger partial charge in [0.1, 0.15) is 11.8 Å². The van der Waals surface area contributed by atoms with Gasteiger partial charge in [0, 0.05) is 25.2 Å². The minimum atomic E-state index is 0.127. The third-order valence-electron chi connectivity index (χ3n) is 4.70. The number of amides is 1. The van der Waals surface area contributed by atoms with Gasteiger partial charge in [0.05, 0.1) is 6.33 Å². The number of aromatic amines is 1. The van der Waals surface area contributed by atoms with Gasteiger partial charge in [-0.2, -0.15) is 0 Å². The first kappa shape index (κ1) is 15.6. The molecule has 2 aromatic heterocycles. The molecule has 0 bridgehead atoms. The maximum atomic E-state index is 12.5. The van der Waals surface area contributed by atoms with E-state index in [1.165, 1.54) is 6.33 Å². The minimum absolute atomic E-state index is 0.127. The number of benzene rings is 1. The number of carbonyl (C=O) groups excluding carboxylic acids is 1. The number of rotatable bonds is 4. The summed E-state index contributed by atoms with van der Waals surface area (Å²) in [7, 11) is 0. The van der Waals surface area contributed by atoms with E-state index in [4.69, 9.17) is 0 Å². The molecule has 1 saturated heterocycles. The third-order valence-corrected chi connectivity index (χ3v) is 4.70. The van der Waals surface area contributed by atoms with Gasteiger partial charge in [-0.05, 0) is 30.9 Å². The molecular weight excluding hydrogens is 316 g/mol. The van der Waals surface area contributed by atoms with Crippen molar-refractivity contribution in [3.05, 3.63) is 48.5 Å². The fourth-order valence-corrected chi connectivity index (χ4v) is 3.24. The van der Waals surface area contributed by atoms with E-state index in [0.717, 1.165) is 49.4 Å². The molecule has 4 rings (SSSR count). The number of H-pyrrole nitrogens is 1. The number of nitrogens with one attached hydrogen (secondary N) is 2. The van der Waals surface area contributed by atoms with Gasteiger partial charge in [0.2, 0.25) is 0 Å². The van der Waals surface area contributed by atoms with E-state index in [9.17, 15) is 4.79 Å². The standard InChI is InChI=1S/C18H20N6O/c25-18(14-4-2-1-3-5-14)24-8-6-13(7-9-24)10-19-16-15-17(21-11-20-15)23-12-22-16/h1-5,11-13H,6-10H2,(H2,19,20,21,22,23). The van der Waals surface area contributed by atoms with Crippen LogP contribution < -0.4 is 5.32 Å². The molecule has 1 aliphatic heterocycles. The van der Waals surface area contributed by atoms with Crippen molar-refractivity contribution in [2.45, 2.75) is 12.8 Å². The Bertz CT molecular complexity index is 854. The van der Waals surface area contributed by atoms with Crippen LogP contribution in [0, 0.1) is 5.92 Å². The van der Waals surface area contributed by atoms with Crippen LogP contribution in [0.2, 0.25) is 0 Å². The molecule has 7 heteroatoms. The third kappa shape index (κ3) is 3.31. The number of fused-ring (bicyclic) bond motifs is 1. The lowest BCUT2D eigenvalue weighted by molar-refractivity contribution is 0.0695. The average molecular weight is 336 g/mol. The highest BCUT2D eigenvalue weighted by Crippen LogP contribution is 2.21. The molecule has 0 aliphatic carbocycles. The van der Waals surface area contributed by atoms with Gasteiger partial charge >= 0.3 is 0 Å². The molecule has 128 valence electrons. The Hall–Kier alpha value is -2.96. The highest BCUT2D eigenvalue weighted by atomic mass is 16.2. The number of aromatic nitrogens is 4. The van der Waals surface area contributed by atoms with Crippen molar-refractivity contribution in [2.75, 3.05) is 25.0 Å². The molecule has 0 unspecified atom stereocenters. The normalized spacial score (nSPS) is 15.4. The van der Waals surface area contributed by atoms with Crippen LogP contribution in [-0.4, -0.2) is 50.4 Å². The van der Waals surface area contributed by atoms with E-state index in [1.807, 2.05) is 35.2 Å². The van der Waals surface area contributed by atoms with Crippen LogP contribution in [0.3, 0.4) is 0 Å². The second kappa shape index (κ2) is 6.88. The van der Waals surface area contributed by atoms with Crippen molar-refractivity contribution in [1.29, 1.82) is 0 Å². The summed E-state index contributed by atoms with van der Waals surface area (Å²) in [5, 5.41) is 3.39. The predicted molar refractivity (Wildman–Crippen MR) is 95.2 cm³/mol. The number of carbonyl (C=O) groups is 1. The van der Waals surface area contributed by atoms with Gasteiger partial charge in [-0.3, -0.25) is 4.79 Å². The van der Waals surface area contributed by atoms with E-state index < -0.39 is 0 Å². The van der Waals surface area contributed by atoms with Crippen molar-refractivity contribution < 1.29 is 4.79 Å². The first-order valence-electron chi connectivity index (χ1n) is 8.53. The van der Waals surface area contributed by atoms with Crippen LogP contribution in [0.25, 0.3) is 11.2 Å². The van der Waals surface area contributed by atoms with Gasteiger partial charge in [0.25, 0.3) is 5.91 Å². The molecule has 1 fully saturated rings. The van der Waals surface area contributed by atoms with E-state index in [2.05, 4.69) is 25.3 Å². The zero-order valence-electron chi connectivity index (χ0n) is 13.9. The molecule has 0 saturated carbocycles. The molecule has 1 aromatic carbocycles. The van der Waals surface area contributed by atoms with Crippen LogP contribution >= 0.6 is 0 Å². The van der Waals surface area contributed by atoms with Crippen molar-refractivity contribution in [1.82, 2.24) is 24.8 Å². The molecule has 2 N–H and O–H groups in total. The molecule has 1 aliphatic rings. The molecule has 25 heavy (non-hydrogen) atoms. The lowest BCUT2D eigenvalue weighted by atomic mass is 9.96. The second-order valence-electron chi connectivity index (χ2n) is 6.31. The van der Waals surface area contributed by atoms with Gasteiger partial charge in [0.15, 0.2) is 11.5 Å². The fraction of sp³-hybridized carbons (Fsp3) is 0.333. The molecule has 0 atom stereocenters. The first-order chi connectivity index (χ1) is 12.3. The van der Waals surface area contributed by atoms with Crippen LogP contribution in [-0.2, 0) is 0 Å². The largest absolute Gasteiger partial charge is 0.368 e. The molecule has 3 aromatic rings. The number of piperidine rings is 1. The molecule has 0 radical (unpaired) electrons. The summed E-state index contributed by atoms with van der Waals surface area (Å²) in [5.41, 5.74) is 2.27. The summed E-state index contributed by atoms with van der Waals surface area (Å²) in [6.07, 6.45) is 5.12. The van der Waals surface area contributed by atoms with Gasteiger partial charge in [-0.15, -0.1) is 0 Å². The Kier molecular flexibility index (Phi) is 4.28. The van der Waals surface area contributed by atoms with Crippen molar-refractivity contribution >= 4 is 22.9 Å². The molecule has 0 spiro atoms. The second-order valence-corrected chi connectivity index (χ2v) is 6.31. The minimum Gasteiger partial charge on any atom is -0.368 e. The van der Waals surface area contributed by atoms with Gasteiger partial charge in [-0.1, -0.05) is 18.2 Å². The van der Waals surface area contributed by atoms with Crippen molar-refractivity contribution in [3.8, 4) is 0 Å². The van der Waals surface area contributed by atoms with E-state index >= 15 is 0 Å². The lowest BCUT2D eigenvalue weighted by Crippen LogP contribution is -2.39. The molecule has 1 amide bonds. The highest BCUT2D eigenvalue weighted by Gasteiger charge is 2.23. The highest BCUT2D eigenvalue weighted by molar-refractivity contribution is 5.94. The number of anilines is 1. The Labute approximate surface area is 145 Å². The van der Waals surface area contributed by atoms with E-state index in [1.54, 1.807) is 6.33 Å². The average Bonchev–Trinajstić information content (AvgIpc) is 3.16. The van der Waals surface area contributed by atoms with E-state index in [0.29, 0.717) is 11.6 Å². The maximum Gasteiger partial charge on any atom is 0.253 e. The molecule has 3 heterocycles. The summed E-state index contributed by atoms with van der Waals surface area (Å²) in [4.78, 5) is 30.0. The lowest BCUT2D eigenvalue weighted by Gasteiger charge is -2.32. The van der Waals surface area contributed by atoms with Gasteiger partial charge < -0.3 is 15.2 Å². The summed E-state index contributed by atoms with van der Waals surface area (Å²) < 4.78 is 0. The number of hydrogen-bond donors (Lipinski definition) is 2. The van der Waals surface area contributed by atoms with Crippen LogP contribution in [0.1, 0.15) is 23.2 Å². The summed E-state index contributed by atoms with van der Waals surface area (Å²) >= 11 is 0. The number of imidazole rings is 1. The van der Waals surface area contributed by atoms with E-state index in [-0.39, 0.29) is 5.91 Å². The van der Waals surface area contributed by atoms with Gasteiger partial charge in [-0.25, -0.2) is 15.0 Å². The number of likely N-dealkylation sites (tertiary alicyclic amines) is 1. The van der Waals surface area contributed by atoms with Crippen molar-refractivity contribution in [2.24, 2.45) is 5.92 Å². The zero-order chi connectivity index (χ0) is 17.1. The summed E-state index contributed by atoms with van der Waals surface area (Å²) in [5.74, 6) is 1.43. The maximum absolute atomic E-state index is 12.5.